The number of hydrogen-bond donors (Lipinski definition) is 3. The van der Waals surface area contributed by atoms with Gasteiger partial charge in [0.25, 0.3) is 0 Å². The maximum atomic E-state index is 5.36. The first-order valence-corrected chi connectivity index (χ1v) is 4.22. The number of nitrogens with one attached hydrogen (secondary N) is 1. The monoisotopic (exact) mass is 207 g/mol. The van der Waals surface area contributed by atoms with E-state index in [9.17, 15) is 0 Å². The van der Waals surface area contributed by atoms with Crippen LogP contribution in [0.2, 0.25) is 0 Å². The lowest BCUT2D eigenvalue weighted by Gasteiger charge is -1.95. The van der Waals surface area contributed by atoms with Crippen molar-refractivity contribution >= 4 is 11.5 Å². The summed E-state index contributed by atoms with van der Waals surface area (Å²) in [6, 6.07) is 5.15. The maximum absolute atomic E-state index is 5.36. The quantitative estimate of drug-likeness (QED) is 0.637. The average Bonchev–Trinajstić information content (AvgIpc) is 2.71. The van der Waals surface area contributed by atoms with Gasteiger partial charge < -0.3 is 16.2 Å². The first-order valence-electron chi connectivity index (χ1n) is 4.22. The topological polar surface area (TPSA) is 103 Å². The number of aromatic amines is 1. The Kier molecular flexibility index (Phi) is 3.96. The number of rotatable bonds is 1. The molecule has 0 fully saturated rings. The summed E-state index contributed by atoms with van der Waals surface area (Å²) in [6.45, 7) is 0. The number of hydrogen-bond acceptors (Lipinski definition) is 5. The van der Waals surface area contributed by atoms with Crippen LogP contribution in [0.5, 0.6) is 5.88 Å². The highest BCUT2D eigenvalue weighted by molar-refractivity contribution is 5.35. The summed E-state index contributed by atoms with van der Waals surface area (Å²) >= 11 is 0. The van der Waals surface area contributed by atoms with E-state index in [0.29, 0.717) is 17.4 Å². The molecule has 5 N–H and O–H groups in total. The minimum absolute atomic E-state index is 0.587. The van der Waals surface area contributed by atoms with Crippen LogP contribution in [-0.2, 0) is 0 Å². The van der Waals surface area contributed by atoms with Crippen molar-refractivity contribution < 1.29 is 4.74 Å². The summed E-state index contributed by atoms with van der Waals surface area (Å²) < 4.78 is 4.80. The second-order valence-electron chi connectivity index (χ2n) is 2.65. The van der Waals surface area contributed by atoms with Crippen molar-refractivity contribution in [1.29, 1.82) is 0 Å². The fourth-order valence-corrected chi connectivity index (χ4v) is 0.779. The summed E-state index contributed by atoms with van der Waals surface area (Å²) in [7, 11) is 1.57. The van der Waals surface area contributed by atoms with E-state index >= 15 is 0 Å². The number of nitrogens with zero attached hydrogens (tertiary/aromatic N) is 2. The molecule has 80 valence electrons. The van der Waals surface area contributed by atoms with E-state index < -0.39 is 0 Å². The Morgan fingerprint density at radius 2 is 2.07 bits per heavy atom. The number of nitrogens with two attached hydrogens (primary N) is 2. The third-order valence-electron chi connectivity index (χ3n) is 1.49. The van der Waals surface area contributed by atoms with E-state index in [0.717, 1.165) is 0 Å². The van der Waals surface area contributed by atoms with Crippen LogP contribution < -0.4 is 16.2 Å². The molecule has 0 bridgehead atoms. The van der Waals surface area contributed by atoms with Crippen LogP contribution in [0.4, 0.5) is 11.5 Å². The van der Waals surface area contributed by atoms with Gasteiger partial charge in [-0.3, -0.25) is 5.10 Å². The van der Waals surface area contributed by atoms with Gasteiger partial charge >= 0.3 is 0 Å². The van der Waals surface area contributed by atoms with Crippen LogP contribution in [0, 0.1) is 0 Å². The number of aromatic nitrogens is 3. The molecule has 2 aromatic heterocycles. The lowest BCUT2D eigenvalue weighted by atomic mass is 10.4. The molecule has 0 saturated heterocycles. The highest BCUT2D eigenvalue weighted by atomic mass is 16.5. The van der Waals surface area contributed by atoms with Gasteiger partial charge in [-0.25, -0.2) is 4.98 Å². The van der Waals surface area contributed by atoms with Gasteiger partial charge in [0.2, 0.25) is 5.88 Å². The zero-order valence-corrected chi connectivity index (χ0v) is 8.34. The minimum Gasteiger partial charge on any atom is -0.481 e. The molecule has 0 unspecified atom stereocenters. The van der Waals surface area contributed by atoms with Gasteiger partial charge in [-0.1, -0.05) is 0 Å². The van der Waals surface area contributed by atoms with Crippen molar-refractivity contribution in [3.8, 4) is 5.88 Å². The molecule has 0 amide bonds. The fourth-order valence-electron chi connectivity index (χ4n) is 0.779. The van der Waals surface area contributed by atoms with E-state index in [1.807, 2.05) is 0 Å². The zero-order chi connectivity index (χ0) is 11.1. The van der Waals surface area contributed by atoms with E-state index in [1.54, 1.807) is 37.7 Å². The Balaban J connectivity index is 0.000000162. The number of pyridine rings is 1. The molecular weight excluding hydrogens is 194 g/mol. The Bertz CT molecular complexity index is 370. The van der Waals surface area contributed by atoms with Crippen molar-refractivity contribution in [3.05, 3.63) is 30.6 Å². The van der Waals surface area contributed by atoms with Crippen LogP contribution in [0.3, 0.4) is 0 Å². The van der Waals surface area contributed by atoms with Crippen LogP contribution in [-0.4, -0.2) is 22.3 Å². The highest BCUT2D eigenvalue weighted by Crippen LogP contribution is 2.06. The molecule has 2 heterocycles. The van der Waals surface area contributed by atoms with Gasteiger partial charge in [0.15, 0.2) is 0 Å². The van der Waals surface area contributed by atoms with Gasteiger partial charge in [0.1, 0.15) is 5.82 Å². The summed E-state index contributed by atoms with van der Waals surface area (Å²) in [5.41, 5.74) is 11.2. The van der Waals surface area contributed by atoms with Crippen molar-refractivity contribution in [3.63, 3.8) is 0 Å². The first kappa shape index (κ1) is 10.8. The van der Waals surface area contributed by atoms with Gasteiger partial charge in [-0.15, -0.1) is 0 Å². The molecule has 0 aliphatic heterocycles. The predicted octanol–water partition coefficient (Wildman–Crippen LogP) is 0.664. The number of H-pyrrole nitrogens is 1. The minimum atomic E-state index is 0.587. The van der Waals surface area contributed by atoms with Crippen molar-refractivity contribution in [1.82, 2.24) is 15.2 Å². The largest absolute Gasteiger partial charge is 0.481 e. The third kappa shape index (κ3) is 3.99. The molecule has 0 aliphatic rings. The van der Waals surface area contributed by atoms with E-state index in [-0.39, 0.29) is 0 Å². The Morgan fingerprint density at radius 3 is 2.40 bits per heavy atom. The molecule has 0 aromatic carbocycles. The Morgan fingerprint density at radius 1 is 1.27 bits per heavy atom. The van der Waals surface area contributed by atoms with E-state index in [4.69, 9.17) is 16.2 Å². The van der Waals surface area contributed by atoms with Crippen LogP contribution in [0.15, 0.2) is 30.6 Å². The molecule has 0 atom stereocenters. The SMILES string of the molecule is COc1ccc(N)cn1.Nc1ccn[nH]1. The van der Waals surface area contributed by atoms with Crippen LogP contribution in [0.1, 0.15) is 0 Å². The van der Waals surface area contributed by atoms with Gasteiger partial charge in [0, 0.05) is 6.07 Å². The molecule has 2 rings (SSSR count). The number of anilines is 2. The predicted molar refractivity (Wildman–Crippen MR) is 58.2 cm³/mol. The lowest BCUT2D eigenvalue weighted by Crippen LogP contribution is -1.89. The number of ether oxygens (including phenoxy) is 1. The lowest BCUT2D eigenvalue weighted by molar-refractivity contribution is 0.398. The summed E-state index contributed by atoms with van der Waals surface area (Å²) in [5, 5.41) is 6.10. The molecule has 15 heavy (non-hydrogen) atoms. The smallest absolute Gasteiger partial charge is 0.213 e. The standard InChI is InChI=1S/C6H8N2O.C3H5N3/c1-9-6-3-2-5(7)4-8-6;4-3-1-2-5-6-3/h2-4H,7H2,1H3;1-2H,(H3,4,5,6). The molecule has 2 aromatic rings. The van der Waals surface area contributed by atoms with Crippen molar-refractivity contribution in [2.45, 2.75) is 0 Å². The van der Waals surface area contributed by atoms with Crippen LogP contribution >= 0.6 is 0 Å². The summed E-state index contributed by atoms with van der Waals surface area (Å²) in [5.74, 6) is 1.19. The third-order valence-corrected chi connectivity index (χ3v) is 1.49. The average molecular weight is 207 g/mol. The highest BCUT2D eigenvalue weighted by Gasteiger charge is 1.87. The molecule has 6 nitrogen and oxygen atoms in total. The maximum Gasteiger partial charge on any atom is 0.213 e. The van der Waals surface area contributed by atoms with Crippen molar-refractivity contribution in [2.75, 3.05) is 18.6 Å². The van der Waals surface area contributed by atoms with Crippen molar-refractivity contribution in [2.24, 2.45) is 0 Å². The normalized spacial score (nSPS) is 8.87. The molecule has 0 radical (unpaired) electrons. The fraction of sp³-hybridized carbons (Fsp3) is 0.111. The molecular formula is C9H13N5O. The summed E-state index contributed by atoms with van der Waals surface area (Å²) in [6.07, 6.45) is 3.16. The summed E-state index contributed by atoms with van der Waals surface area (Å²) in [4.78, 5) is 3.85. The zero-order valence-electron chi connectivity index (χ0n) is 8.34. The number of nitrogen functional groups attached to an aromatic ring is 2. The number of methoxy groups -OCH3 is 1. The second-order valence-corrected chi connectivity index (χ2v) is 2.65. The van der Waals surface area contributed by atoms with Gasteiger partial charge in [-0.05, 0) is 12.1 Å². The molecule has 0 aliphatic carbocycles. The van der Waals surface area contributed by atoms with Crippen LogP contribution in [0.25, 0.3) is 0 Å². The molecule has 0 spiro atoms. The molecule has 6 heteroatoms. The van der Waals surface area contributed by atoms with Gasteiger partial charge in [0.05, 0.1) is 25.2 Å². The Hall–Kier alpha value is -2.24. The Labute approximate surface area is 87.3 Å². The van der Waals surface area contributed by atoms with E-state index in [1.165, 1.54) is 0 Å². The first-order chi connectivity index (χ1) is 7.22. The van der Waals surface area contributed by atoms with E-state index in [2.05, 4.69) is 15.2 Å². The van der Waals surface area contributed by atoms with Gasteiger partial charge in [-0.2, -0.15) is 5.10 Å². The second kappa shape index (κ2) is 5.48. The molecule has 0 saturated carbocycles.